The lowest BCUT2D eigenvalue weighted by atomic mass is 9.48. The number of benzene rings is 1. The average molecular weight is 353 g/mol. The summed E-state index contributed by atoms with van der Waals surface area (Å²) in [6.45, 7) is 8.13. The molecule has 0 amide bonds. The number of carbonyl (C=O) groups is 1. The Balaban J connectivity index is 1.75. The number of hydrogen-bond donors (Lipinski definition) is 0. The smallest absolute Gasteiger partial charge is 0.174 e. The number of nitrogens with zero attached hydrogens (tertiary/aromatic N) is 1. The highest BCUT2D eigenvalue weighted by atomic mass is 16.5. The highest BCUT2D eigenvalue weighted by molar-refractivity contribution is 5.89. The van der Waals surface area contributed by atoms with Crippen molar-refractivity contribution < 1.29 is 14.3 Å². The molecule has 26 heavy (non-hydrogen) atoms. The fourth-order valence-electron chi connectivity index (χ4n) is 6.60. The first kappa shape index (κ1) is 16.4. The Morgan fingerprint density at radius 1 is 1.42 bits per heavy atom. The minimum atomic E-state index is -0.325. The van der Waals surface area contributed by atoms with Crippen LogP contribution in [-0.4, -0.2) is 43.0 Å². The summed E-state index contributed by atoms with van der Waals surface area (Å²) in [7, 11) is 1.69. The topological polar surface area (TPSA) is 38.8 Å². The maximum absolute atomic E-state index is 13.1. The van der Waals surface area contributed by atoms with E-state index in [1.165, 1.54) is 11.1 Å². The van der Waals surface area contributed by atoms with E-state index in [4.69, 9.17) is 9.47 Å². The van der Waals surface area contributed by atoms with Gasteiger partial charge in [0.15, 0.2) is 23.4 Å². The van der Waals surface area contributed by atoms with Crippen LogP contribution in [0.1, 0.15) is 37.3 Å². The van der Waals surface area contributed by atoms with E-state index in [1.807, 2.05) is 12.1 Å². The summed E-state index contributed by atoms with van der Waals surface area (Å²) >= 11 is 0. The lowest BCUT2D eigenvalue weighted by Gasteiger charge is -2.60. The molecule has 138 valence electrons. The van der Waals surface area contributed by atoms with Gasteiger partial charge in [0, 0.05) is 30.0 Å². The van der Waals surface area contributed by atoms with Gasteiger partial charge in [-0.15, -0.1) is 6.58 Å². The molecule has 2 aliphatic heterocycles. The molecule has 5 rings (SSSR count). The van der Waals surface area contributed by atoms with Crippen LogP contribution < -0.4 is 9.47 Å². The maximum atomic E-state index is 13.1. The molecule has 0 aromatic heterocycles. The second kappa shape index (κ2) is 5.59. The standard InChI is InChI=1S/C22H27NO3/c1-4-9-23-10-8-22-18-13(5-2)12-16(24)21(22)26-20-17(25-3)7-6-14(19(20)22)11-15(18)23/h4,6-7,13,15,18,21H,1,5,8-12H2,2-3H3/t13-,15+,18-,21-,22-/m0/s1. The number of ether oxygens (including phenoxy) is 2. The van der Waals surface area contributed by atoms with E-state index in [-0.39, 0.29) is 17.3 Å². The van der Waals surface area contributed by atoms with Crippen LogP contribution in [0.25, 0.3) is 0 Å². The van der Waals surface area contributed by atoms with Crippen molar-refractivity contribution in [2.45, 2.75) is 50.2 Å². The summed E-state index contributed by atoms with van der Waals surface area (Å²) in [5.41, 5.74) is 2.49. The van der Waals surface area contributed by atoms with Gasteiger partial charge >= 0.3 is 0 Å². The molecule has 2 aliphatic carbocycles. The van der Waals surface area contributed by atoms with E-state index in [9.17, 15) is 4.79 Å². The number of carbonyl (C=O) groups excluding carboxylic acids is 1. The molecule has 2 heterocycles. The minimum Gasteiger partial charge on any atom is -0.493 e. The van der Waals surface area contributed by atoms with Crippen molar-refractivity contribution in [1.82, 2.24) is 4.90 Å². The Kier molecular flexibility index (Phi) is 3.52. The molecule has 2 fully saturated rings. The molecule has 1 aromatic carbocycles. The number of Topliss-reactive ketones (excluding diaryl/α,β-unsaturated/α-hetero) is 1. The second-order valence-corrected chi connectivity index (χ2v) is 8.34. The number of ketones is 1. The zero-order valence-electron chi connectivity index (χ0n) is 15.7. The first-order valence-corrected chi connectivity index (χ1v) is 9.90. The van der Waals surface area contributed by atoms with Crippen LogP contribution in [0.5, 0.6) is 11.5 Å². The first-order chi connectivity index (χ1) is 12.7. The third-order valence-corrected chi connectivity index (χ3v) is 7.47. The van der Waals surface area contributed by atoms with Crippen molar-refractivity contribution in [1.29, 1.82) is 0 Å². The van der Waals surface area contributed by atoms with Crippen molar-refractivity contribution in [3.05, 3.63) is 35.9 Å². The average Bonchev–Trinajstić information content (AvgIpc) is 3.00. The van der Waals surface area contributed by atoms with Crippen LogP contribution in [0.4, 0.5) is 0 Å². The molecule has 1 aromatic rings. The van der Waals surface area contributed by atoms with Gasteiger partial charge in [-0.05, 0) is 42.9 Å². The van der Waals surface area contributed by atoms with Crippen LogP contribution in [-0.2, 0) is 16.6 Å². The van der Waals surface area contributed by atoms with E-state index < -0.39 is 0 Å². The predicted molar refractivity (Wildman–Crippen MR) is 99.9 cm³/mol. The molecule has 0 radical (unpaired) electrons. The molecule has 0 unspecified atom stereocenters. The number of hydrogen-bond acceptors (Lipinski definition) is 4. The molecule has 0 N–H and O–H groups in total. The molecule has 1 spiro atoms. The predicted octanol–water partition coefficient (Wildman–Crippen LogP) is 3.13. The highest BCUT2D eigenvalue weighted by Gasteiger charge is 2.67. The van der Waals surface area contributed by atoms with Gasteiger partial charge in [0.05, 0.1) is 7.11 Å². The quantitative estimate of drug-likeness (QED) is 0.780. The van der Waals surface area contributed by atoms with E-state index in [2.05, 4.69) is 24.5 Å². The van der Waals surface area contributed by atoms with E-state index in [1.54, 1.807) is 7.11 Å². The number of likely N-dealkylation sites (tertiary alicyclic amines) is 1. The molecule has 5 atom stereocenters. The fraction of sp³-hybridized carbons (Fsp3) is 0.591. The van der Waals surface area contributed by atoms with Gasteiger partial charge < -0.3 is 9.47 Å². The molecular weight excluding hydrogens is 326 g/mol. The molecule has 2 bridgehead atoms. The third kappa shape index (κ3) is 1.81. The van der Waals surface area contributed by atoms with Crippen molar-refractivity contribution in [2.24, 2.45) is 11.8 Å². The van der Waals surface area contributed by atoms with Crippen molar-refractivity contribution in [2.75, 3.05) is 20.2 Å². The van der Waals surface area contributed by atoms with Gasteiger partial charge in [-0.2, -0.15) is 0 Å². The lowest BCUT2D eigenvalue weighted by molar-refractivity contribution is -0.144. The Bertz CT molecular complexity index is 788. The van der Waals surface area contributed by atoms with Crippen LogP contribution in [0, 0.1) is 11.8 Å². The van der Waals surface area contributed by atoms with Crippen LogP contribution >= 0.6 is 0 Å². The maximum Gasteiger partial charge on any atom is 0.174 e. The zero-order chi connectivity index (χ0) is 18.1. The van der Waals surface area contributed by atoms with Gasteiger partial charge in [-0.1, -0.05) is 25.5 Å². The van der Waals surface area contributed by atoms with Gasteiger partial charge in [0.25, 0.3) is 0 Å². The van der Waals surface area contributed by atoms with Gasteiger partial charge in [-0.3, -0.25) is 9.69 Å². The zero-order valence-corrected chi connectivity index (χ0v) is 15.7. The monoisotopic (exact) mass is 353 g/mol. The van der Waals surface area contributed by atoms with Gasteiger partial charge in [0.2, 0.25) is 0 Å². The van der Waals surface area contributed by atoms with Crippen molar-refractivity contribution in [3.8, 4) is 11.5 Å². The summed E-state index contributed by atoms with van der Waals surface area (Å²) < 4.78 is 12.0. The number of piperidine rings is 1. The largest absolute Gasteiger partial charge is 0.493 e. The summed E-state index contributed by atoms with van der Waals surface area (Å²) in [6, 6.07) is 4.68. The van der Waals surface area contributed by atoms with Crippen LogP contribution in [0.15, 0.2) is 24.8 Å². The normalized spacial score (nSPS) is 37.1. The van der Waals surface area contributed by atoms with Crippen molar-refractivity contribution >= 4 is 5.78 Å². The highest BCUT2D eigenvalue weighted by Crippen LogP contribution is 2.64. The summed E-state index contributed by atoms with van der Waals surface area (Å²) in [4.78, 5) is 15.7. The molecule has 4 heteroatoms. The molecule has 4 nitrogen and oxygen atoms in total. The Morgan fingerprint density at radius 2 is 2.27 bits per heavy atom. The summed E-state index contributed by atoms with van der Waals surface area (Å²) in [5, 5.41) is 0. The lowest BCUT2D eigenvalue weighted by Crippen LogP contribution is -2.68. The SMILES string of the molecule is C=CCN1CC[C@]23c4c5ccc(OC)c4O[C@H]2C(=O)C[C@H](CC)[C@H]3[C@H]1C5. The Morgan fingerprint density at radius 3 is 3.00 bits per heavy atom. The third-order valence-electron chi connectivity index (χ3n) is 7.47. The minimum absolute atomic E-state index is 0.157. The van der Waals surface area contributed by atoms with Gasteiger partial charge in [-0.25, -0.2) is 0 Å². The molecule has 1 saturated heterocycles. The Hall–Kier alpha value is -1.81. The van der Waals surface area contributed by atoms with Crippen molar-refractivity contribution in [3.63, 3.8) is 0 Å². The number of rotatable bonds is 4. The van der Waals surface area contributed by atoms with E-state index in [0.29, 0.717) is 24.3 Å². The second-order valence-electron chi connectivity index (χ2n) is 8.34. The fourth-order valence-corrected chi connectivity index (χ4v) is 6.60. The van der Waals surface area contributed by atoms with E-state index in [0.717, 1.165) is 43.9 Å². The first-order valence-electron chi connectivity index (χ1n) is 9.90. The molecule has 4 aliphatic rings. The van der Waals surface area contributed by atoms with E-state index >= 15 is 0 Å². The molecule has 1 saturated carbocycles. The van der Waals surface area contributed by atoms with Gasteiger partial charge in [0.1, 0.15) is 0 Å². The molecular formula is C22H27NO3. The van der Waals surface area contributed by atoms with Crippen LogP contribution in [0.3, 0.4) is 0 Å². The summed E-state index contributed by atoms with van der Waals surface area (Å²) in [6.07, 6.45) is 5.42. The number of methoxy groups -OCH3 is 1. The summed E-state index contributed by atoms with van der Waals surface area (Å²) in [5.74, 6) is 2.82. The Labute approximate surface area is 155 Å². The van der Waals surface area contributed by atoms with Crippen LogP contribution in [0.2, 0.25) is 0 Å².